The van der Waals surface area contributed by atoms with Crippen LogP contribution in [0.1, 0.15) is 31.7 Å². The molecule has 1 aliphatic rings. The van der Waals surface area contributed by atoms with E-state index in [4.69, 9.17) is 9.15 Å². The third kappa shape index (κ3) is 3.79. The molecule has 1 atom stereocenters. The predicted octanol–water partition coefficient (Wildman–Crippen LogP) is 2.58. The molecule has 0 spiro atoms. The van der Waals surface area contributed by atoms with E-state index in [0.29, 0.717) is 29.9 Å². The Kier molecular flexibility index (Phi) is 5.53. The molecule has 1 unspecified atom stereocenters. The molecule has 2 aromatic rings. The van der Waals surface area contributed by atoms with Gasteiger partial charge in [0.05, 0.1) is 10.9 Å². The number of para-hydroxylation sites is 1. The average Bonchev–Trinajstić information content (AvgIpc) is 3.07. The molecule has 1 fully saturated rings. The van der Waals surface area contributed by atoms with E-state index < -0.39 is 6.10 Å². The van der Waals surface area contributed by atoms with E-state index in [0.717, 1.165) is 24.9 Å². The van der Waals surface area contributed by atoms with Crippen LogP contribution in [0, 0.1) is 0 Å². The molecule has 24 heavy (non-hydrogen) atoms. The summed E-state index contributed by atoms with van der Waals surface area (Å²) in [5, 5.41) is 11.1. The summed E-state index contributed by atoms with van der Waals surface area (Å²) in [6, 6.07) is 7.38. The summed E-state index contributed by atoms with van der Waals surface area (Å²) in [6.45, 7) is 4.88. The molecule has 0 bridgehead atoms. The molecule has 1 aromatic carbocycles. The number of nitrogens with zero attached hydrogens (tertiary/aromatic N) is 1. The zero-order chi connectivity index (χ0) is 16.9. The highest BCUT2D eigenvalue weighted by molar-refractivity contribution is 5.84. The molecule has 130 valence electrons. The SMILES string of the molecule is CCCc1c(OCC(O)CN2CCCC2)c2ccccc2oc1=O. The van der Waals surface area contributed by atoms with Crippen LogP contribution in [0.4, 0.5) is 0 Å². The van der Waals surface area contributed by atoms with E-state index in [1.807, 2.05) is 25.1 Å². The van der Waals surface area contributed by atoms with Gasteiger partial charge in [0.15, 0.2) is 0 Å². The molecule has 1 N–H and O–H groups in total. The Morgan fingerprint density at radius 1 is 1.29 bits per heavy atom. The van der Waals surface area contributed by atoms with E-state index in [-0.39, 0.29) is 12.2 Å². The summed E-state index contributed by atoms with van der Waals surface area (Å²) < 4.78 is 11.3. The first-order valence-corrected chi connectivity index (χ1v) is 8.77. The van der Waals surface area contributed by atoms with Gasteiger partial charge in [0.25, 0.3) is 0 Å². The molecule has 1 saturated heterocycles. The van der Waals surface area contributed by atoms with Gasteiger partial charge in [-0.3, -0.25) is 0 Å². The van der Waals surface area contributed by atoms with E-state index >= 15 is 0 Å². The molecule has 1 aliphatic heterocycles. The fourth-order valence-electron chi connectivity index (χ4n) is 3.29. The Bertz CT molecular complexity index is 734. The number of aliphatic hydroxyl groups excluding tert-OH is 1. The smallest absolute Gasteiger partial charge is 0.343 e. The van der Waals surface area contributed by atoms with Gasteiger partial charge in [-0.1, -0.05) is 25.5 Å². The summed E-state index contributed by atoms with van der Waals surface area (Å²) in [7, 11) is 0. The third-order valence-corrected chi connectivity index (χ3v) is 4.44. The Balaban J connectivity index is 1.81. The van der Waals surface area contributed by atoms with Gasteiger partial charge in [-0.05, 0) is 44.5 Å². The Labute approximate surface area is 141 Å². The monoisotopic (exact) mass is 331 g/mol. The zero-order valence-electron chi connectivity index (χ0n) is 14.2. The average molecular weight is 331 g/mol. The largest absolute Gasteiger partial charge is 0.490 e. The van der Waals surface area contributed by atoms with Crippen molar-refractivity contribution < 1.29 is 14.3 Å². The van der Waals surface area contributed by atoms with Crippen molar-refractivity contribution >= 4 is 11.0 Å². The van der Waals surface area contributed by atoms with Gasteiger partial charge in [-0.25, -0.2) is 4.79 Å². The molecule has 1 aromatic heterocycles. The van der Waals surface area contributed by atoms with Gasteiger partial charge < -0.3 is 19.2 Å². The minimum Gasteiger partial charge on any atom is -0.490 e. The highest BCUT2D eigenvalue weighted by Crippen LogP contribution is 2.28. The zero-order valence-corrected chi connectivity index (χ0v) is 14.2. The van der Waals surface area contributed by atoms with Crippen LogP contribution in [-0.2, 0) is 6.42 Å². The van der Waals surface area contributed by atoms with Crippen LogP contribution in [0.15, 0.2) is 33.5 Å². The predicted molar refractivity (Wildman–Crippen MR) is 93.7 cm³/mol. The number of β-amino-alcohol motifs (C(OH)–C–C–N with tert-alkyl or cyclic N) is 1. The van der Waals surface area contributed by atoms with Crippen molar-refractivity contribution in [1.82, 2.24) is 4.90 Å². The topological polar surface area (TPSA) is 62.9 Å². The highest BCUT2D eigenvalue weighted by atomic mass is 16.5. The van der Waals surface area contributed by atoms with Gasteiger partial charge in [-0.15, -0.1) is 0 Å². The van der Waals surface area contributed by atoms with Crippen LogP contribution in [0.2, 0.25) is 0 Å². The van der Waals surface area contributed by atoms with E-state index in [2.05, 4.69) is 4.90 Å². The molecule has 0 aliphatic carbocycles. The second-order valence-corrected chi connectivity index (χ2v) is 6.42. The van der Waals surface area contributed by atoms with Crippen LogP contribution in [-0.4, -0.2) is 42.4 Å². The fourth-order valence-corrected chi connectivity index (χ4v) is 3.29. The molecular weight excluding hydrogens is 306 g/mol. The van der Waals surface area contributed by atoms with Gasteiger partial charge in [-0.2, -0.15) is 0 Å². The number of likely N-dealkylation sites (tertiary alicyclic amines) is 1. The van der Waals surface area contributed by atoms with Crippen LogP contribution in [0.25, 0.3) is 11.0 Å². The Morgan fingerprint density at radius 3 is 2.79 bits per heavy atom. The first-order chi connectivity index (χ1) is 11.7. The molecule has 5 nitrogen and oxygen atoms in total. The summed E-state index contributed by atoms with van der Waals surface area (Å²) >= 11 is 0. The Morgan fingerprint density at radius 2 is 2.04 bits per heavy atom. The Hall–Kier alpha value is -1.85. The van der Waals surface area contributed by atoms with Crippen molar-refractivity contribution in [2.75, 3.05) is 26.2 Å². The summed E-state index contributed by atoms with van der Waals surface area (Å²) in [5.41, 5.74) is 0.732. The molecule has 0 amide bonds. The minimum absolute atomic E-state index is 0.181. The highest BCUT2D eigenvalue weighted by Gasteiger charge is 2.19. The van der Waals surface area contributed by atoms with Crippen molar-refractivity contribution in [3.63, 3.8) is 0 Å². The quantitative estimate of drug-likeness (QED) is 0.790. The van der Waals surface area contributed by atoms with Crippen molar-refractivity contribution in [3.05, 3.63) is 40.2 Å². The minimum atomic E-state index is -0.566. The van der Waals surface area contributed by atoms with Crippen LogP contribution < -0.4 is 10.4 Å². The fraction of sp³-hybridized carbons (Fsp3) is 0.526. The van der Waals surface area contributed by atoms with Crippen molar-refractivity contribution in [2.45, 2.75) is 38.7 Å². The second-order valence-electron chi connectivity index (χ2n) is 6.42. The summed E-state index contributed by atoms with van der Waals surface area (Å²) in [4.78, 5) is 14.5. The number of hydrogen-bond acceptors (Lipinski definition) is 5. The molecule has 5 heteroatoms. The maximum atomic E-state index is 12.2. The molecule has 3 rings (SSSR count). The summed E-state index contributed by atoms with van der Waals surface area (Å²) in [5.74, 6) is 0.559. The second kappa shape index (κ2) is 7.81. The maximum Gasteiger partial charge on any atom is 0.343 e. The molecular formula is C19H25NO4. The lowest BCUT2D eigenvalue weighted by Crippen LogP contribution is -2.34. The van der Waals surface area contributed by atoms with Crippen molar-refractivity contribution in [2.24, 2.45) is 0 Å². The van der Waals surface area contributed by atoms with Crippen molar-refractivity contribution in [3.8, 4) is 5.75 Å². The van der Waals surface area contributed by atoms with Gasteiger partial charge >= 0.3 is 5.63 Å². The first-order valence-electron chi connectivity index (χ1n) is 8.77. The van der Waals surface area contributed by atoms with Gasteiger partial charge in [0.1, 0.15) is 24.0 Å². The number of fused-ring (bicyclic) bond motifs is 1. The number of ether oxygens (including phenoxy) is 1. The number of benzene rings is 1. The van der Waals surface area contributed by atoms with Crippen LogP contribution >= 0.6 is 0 Å². The lowest BCUT2D eigenvalue weighted by Gasteiger charge is -2.20. The van der Waals surface area contributed by atoms with Crippen molar-refractivity contribution in [1.29, 1.82) is 0 Å². The van der Waals surface area contributed by atoms with Crippen LogP contribution in [0.5, 0.6) is 5.75 Å². The number of hydrogen-bond donors (Lipinski definition) is 1. The van der Waals surface area contributed by atoms with Gasteiger partial charge in [0, 0.05) is 6.54 Å². The maximum absolute atomic E-state index is 12.2. The number of rotatable bonds is 7. The van der Waals surface area contributed by atoms with Gasteiger partial charge in [0.2, 0.25) is 0 Å². The van der Waals surface area contributed by atoms with E-state index in [1.54, 1.807) is 6.07 Å². The van der Waals surface area contributed by atoms with E-state index in [9.17, 15) is 9.90 Å². The number of aliphatic hydroxyl groups is 1. The normalized spacial score (nSPS) is 16.6. The standard InChI is InChI=1S/C19H25NO4/c1-2-7-16-18(15-8-3-4-9-17(15)24-19(16)22)23-13-14(21)12-20-10-5-6-11-20/h3-4,8-9,14,21H,2,5-7,10-13H2,1H3. The lowest BCUT2D eigenvalue weighted by atomic mass is 10.1. The molecule has 2 heterocycles. The summed E-state index contributed by atoms with van der Waals surface area (Å²) in [6.07, 6.45) is 3.25. The third-order valence-electron chi connectivity index (χ3n) is 4.44. The molecule has 0 saturated carbocycles. The lowest BCUT2D eigenvalue weighted by molar-refractivity contribution is 0.0758. The van der Waals surface area contributed by atoms with E-state index in [1.165, 1.54) is 12.8 Å². The first kappa shape index (κ1) is 17.0. The molecule has 0 radical (unpaired) electrons. The van der Waals surface area contributed by atoms with Crippen LogP contribution in [0.3, 0.4) is 0 Å².